The first-order chi connectivity index (χ1) is 14.2. The highest BCUT2D eigenvalue weighted by Crippen LogP contribution is 2.14. The zero-order chi connectivity index (χ0) is 22.8. The highest BCUT2D eigenvalue weighted by molar-refractivity contribution is 5.08. The Balaban J connectivity index is 0. The first kappa shape index (κ1) is 31.6. The SMILES string of the molecule is CC(C)=CCC/C(C)=C\CC/C(C)=C/CC/C=C(\C)CC/C=C(\C)CCC=C(C)C.O. The number of unbranched alkanes of at least 4 members (excludes halogenated alkanes) is 1. The molecule has 0 radical (unpaired) electrons. The Morgan fingerprint density at radius 2 is 0.581 bits per heavy atom. The van der Waals surface area contributed by atoms with Crippen LogP contribution in [0.1, 0.15) is 120 Å². The average molecular weight is 429 g/mol. The van der Waals surface area contributed by atoms with Gasteiger partial charge in [0, 0.05) is 0 Å². The van der Waals surface area contributed by atoms with Crippen LogP contribution in [0.15, 0.2) is 69.9 Å². The van der Waals surface area contributed by atoms with Crippen LogP contribution in [0.4, 0.5) is 0 Å². The van der Waals surface area contributed by atoms with Crippen molar-refractivity contribution in [3.8, 4) is 0 Å². The van der Waals surface area contributed by atoms with Crippen LogP contribution < -0.4 is 0 Å². The molecule has 0 unspecified atom stereocenters. The molecule has 0 spiro atoms. The highest BCUT2D eigenvalue weighted by Gasteiger charge is 1.94. The van der Waals surface area contributed by atoms with E-state index in [2.05, 4.69) is 91.8 Å². The summed E-state index contributed by atoms with van der Waals surface area (Å²) in [6.07, 6.45) is 26.2. The van der Waals surface area contributed by atoms with Crippen molar-refractivity contribution in [2.45, 2.75) is 120 Å². The topological polar surface area (TPSA) is 31.5 Å². The number of rotatable bonds is 15. The zero-order valence-corrected chi connectivity index (χ0v) is 22.0. The lowest BCUT2D eigenvalue weighted by atomic mass is 10.0. The average Bonchev–Trinajstić information content (AvgIpc) is 2.64. The number of allylic oxidation sites excluding steroid dienone is 12. The van der Waals surface area contributed by atoms with Gasteiger partial charge in [0.2, 0.25) is 0 Å². The van der Waals surface area contributed by atoms with Crippen molar-refractivity contribution in [3.05, 3.63) is 69.9 Å². The molecule has 0 atom stereocenters. The Morgan fingerprint density at radius 3 is 0.839 bits per heavy atom. The predicted molar refractivity (Wildman–Crippen MR) is 144 cm³/mol. The summed E-state index contributed by atoms with van der Waals surface area (Å²) in [6.45, 7) is 17.8. The van der Waals surface area contributed by atoms with Gasteiger partial charge in [0.1, 0.15) is 0 Å². The molecule has 0 fully saturated rings. The van der Waals surface area contributed by atoms with E-state index in [9.17, 15) is 0 Å². The Bertz CT molecular complexity index is 584. The van der Waals surface area contributed by atoms with E-state index in [0.29, 0.717) is 0 Å². The van der Waals surface area contributed by atoms with Gasteiger partial charge in [-0.15, -0.1) is 0 Å². The Morgan fingerprint density at radius 1 is 0.355 bits per heavy atom. The van der Waals surface area contributed by atoms with Gasteiger partial charge in [-0.3, -0.25) is 0 Å². The van der Waals surface area contributed by atoms with Crippen molar-refractivity contribution in [2.75, 3.05) is 0 Å². The molecule has 31 heavy (non-hydrogen) atoms. The standard InChI is InChI=1S/C30H50.H2O/c1-25(2)15-11-19-29(7)23-13-21-27(5)17-9-10-18-28(6)22-14-24-30(8)20-12-16-26(3)4;/h15-18,23-24H,9-14,19-22H2,1-8H3;1H2/b27-17+,28-18+,29-23-,30-24+;. The van der Waals surface area contributed by atoms with E-state index in [-0.39, 0.29) is 5.48 Å². The predicted octanol–water partition coefficient (Wildman–Crippen LogP) is 9.78. The largest absolute Gasteiger partial charge is 0.412 e. The first-order valence-corrected chi connectivity index (χ1v) is 12.1. The molecule has 2 N–H and O–H groups in total. The molecule has 1 heteroatoms. The zero-order valence-electron chi connectivity index (χ0n) is 22.0. The summed E-state index contributed by atoms with van der Waals surface area (Å²) in [5.74, 6) is 0. The fourth-order valence-corrected chi connectivity index (χ4v) is 3.34. The van der Waals surface area contributed by atoms with Crippen LogP contribution in [0.2, 0.25) is 0 Å². The van der Waals surface area contributed by atoms with Gasteiger partial charge in [-0.25, -0.2) is 0 Å². The van der Waals surface area contributed by atoms with Gasteiger partial charge in [-0.2, -0.15) is 0 Å². The van der Waals surface area contributed by atoms with Crippen LogP contribution in [-0.4, -0.2) is 5.48 Å². The van der Waals surface area contributed by atoms with Crippen molar-refractivity contribution in [1.82, 2.24) is 0 Å². The first-order valence-electron chi connectivity index (χ1n) is 12.1. The third kappa shape index (κ3) is 22.9. The summed E-state index contributed by atoms with van der Waals surface area (Å²) in [5, 5.41) is 0. The third-order valence-corrected chi connectivity index (χ3v) is 5.40. The quantitative estimate of drug-likeness (QED) is 0.183. The highest BCUT2D eigenvalue weighted by atomic mass is 16.0. The van der Waals surface area contributed by atoms with Crippen LogP contribution in [0, 0.1) is 0 Å². The van der Waals surface area contributed by atoms with E-state index in [1.165, 1.54) is 97.6 Å². The minimum atomic E-state index is 0. The molecule has 0 saturated heterocycles. The number of hydrogen-bond donors (Lipinski definition) is 0. The molecule has 1 nitrogen and oxygen atoms in total. The molecule has 0 amide bonds. The van der Waals surface area contributed by atoms with E-state index in [1.54, 1.807) is 0 Å². The Kier molecular flexibility index (Phi) is 20.7. The van der Waals surface area contributed by atoms with Gasteiger partial charge < -0.3 is 5.48 Å². The molecule has 0 aliphatic carbocycles. The minimum absolute atomic E-state index is 0. The Hall–Kier alpha value is -1.60. The molecule has 0 saturated carbocycles. The van der Waals surface area contributed by atoms with Crippen molar-refractivity contribution in [3.63, 3.8) is 0 Å². The smallest absolute Gasteiger partial charge is 0.0288 e. The normalized spacial score (nSPS) is 13.0. The second-order valence-corrected chi connectivity index (χ2v) is 9.50. The summed E-state index contributed by atoms with van der Waals surface area (Å²) < 4.78 is 0. The number of hydrogen-bond acceptors (Lipinski definition) is 0. The van der Waals surface area contributed by atoms with E-state index < -0.39 is 0 Å². The third-order valence-electron chi connectivity index (χ3n) is 5.40. The van der Waals surface area contributed by atoms with Gasteiger partial charge >= 0.3 is 0 Å². The molecule has 0 aliphatic heterocycles. The fourth-order valence-electron chi connectivity index (χ4n) is 3.34. The summed E-state index contributed by atoms with van der Waals surface area (Å²) >= 11 is 0. The van der Waals surface area contributed by atoms with Gasteiger partial charge in [0.05, 0.1) is 0 Å². The molecule has 178 valence electrons. The van der Waals surface area contributed by atoms with Crippen LogP contribution in [-0.2, 0) is 0 Å². The fraction of sp³-hybridized carbons (Fsp3) is 0.600. The van der Waals surface area contributed by atoms with Gasteiger partial charge in [0.25, 0.3) is 0 Å². The lowest BCUT2D eigenvalue weighted by molar-refractivity contribution is 0.824. The molecular formula is C30H52O. The minimum Gasteiger partial charge on any atom is -0.412 e. The molecule has 0 aromatic rings. The molecule has 0 bridgehead atoms. The van der Waals surface area contributed by atoms with Gasteiger partial charge in [0.15, 0.2) is 0 Å². The lowest BCUT2D eigenvalue weighted by Crippen LogP contribution is -1.82. The molecular weight excluding hydrogens is 376 g/mol. The van der Waals surface area contributed by atoms with Crippen LogP contribution in [0.5, 0.6) is 0 Å². The van der Waals surface area contributed by atoms with Crippen molar-refractivity contribution >= 4 is 0 Å². The second kappa shape index (κ2) is 20.3. The van der Waals surface area contributed by atoms with E-state index in [1.807, 2.05) is 0 Å². The maximum Gasteiger partial charge on any atom is -0.0288 e. The molecule has 0 aliphatic rings. The molecule has 0 aromatic carbocycles. The van der Waals surface area contributed by atoms with E-state index in [0.717, 1.165) is 0 Å². The monoisotopic (exact) mass is 428 g/mol. The van der Waals surface area contributed by atoms with Crippen LogP contribution in [0.25, 0.3) is 0 Å². The van der Waals surface area contributed by atoms with E-state index in [4.69, 9.17) is 0 Å². The van der Waals surface area contributed by atoms with Gasteiger partial charge in [-0.1, -0.05) is 69.9 Å². The van der Waals surface area contributed by atoms with Crippen molar-refractivity contribution in [2.24, 2.45) is 0 Å². The van der Waals surface area contributed by atoms with Gasteiger partial charge in [-0.05, 0) is 120 Å². The summed E-state index contributed by atoms with van der Waals surface area (Å²) in [5.41, 5.74) is 8.97. The summed E-state index contributed by atoms with van der Waals surface area (Å²) in [6, 6.07) is 0. The Labute approximate surface area is 195 Å². The second-order valence-electron chi connectivity index (χ2n) is 9.50. The lowest BCUT2D eigenvalue weighted by Gasteiger charge is -2.02. The maximum atomic E-state index is 2.43. The summed E-state index contributed by atoms with van der Waals surface area (Å²) in [4.78, 5) is 0. The molecule has 0 heterocycles. The maximum absolute atomic E-state index is 2.43. The van der Waals surface area contributed by atoms with Crippen LogP contribution >= 0.6 is 0 Å². The van der Waals surface area contributed by atoms with Crippen molar-refractivity contribution < 1.29 is 5.48 Å². The molecule has 0 aromatic heterocycles. The molecule has 0 rings (SSSR count). The van der Waals surface area contributed by atoms with Crippen molar-refractivity contribution in [1.29, 1.82) is 0 Å². The van der Waals surface area contributed by atoms with E-state index >= 15 is 0 Å². The van der Waals surface area contributed by atoms with Crippen LogP contribution in [0.3, 0.4) is 0 Å². The summed E-state index contributed by atoms with van der Waals surface area (Å²) in [7, 11) is 0.